The zero-order chi connectivity index (χ0) is 7.84. The molecule has 0 bridgehead atoms. The van der Waals surface area contributed by atoms with Crippen LogP contribution < -0.4 is 5.73 Å². The summed E-state index contributed by atoms with van der Waals surface area (Å²) in [6.45, 7) is 2.69. The van der Waals surface area contributed by atoms with Crippen molar-refractivity contribution in [2.75, 3.05) is 5.73 Å². The number of hydrogen-bond donors (Lipinski definition) is 1. The summed E-state index contributed by atoms with van der Waals surface area (Å²) in [5, 5.41) is 0. The van der Waals surface area contributed by atoms with Crippen LogP contribution in [0.15, 0.2) is 17.3 Å². The number of aliphatic imine (C=N–C) groups is 1. The van der Waals surface area contributed by atoms with E-state index in [2.05, 4.69) is 9.98 Å². The molecule has 3 nitrogen and oxygen atoms in total. The van der Waals surface area contributed by atoms with Crippen LogP contribution in [0, 0.1) is 0 Å². The highest BCUT2D eigenvalue weighted by Gasteiger charge is 2.12. The van der Waals surface area contributed by atoms with Gasteiger partial charge in [-0.05, 0) is 13.0 Å². The number of nitrogens with two attached hydrogens (primary N) is 1. The second-order valence-electron chi connectivity index (χ2n) is 2.66. The number of anilines is 1. The monoisotopic (exact) mass is 147 g/mol. The molecular formula is C8H9N3. The van der Waals surface area contributed by atoms with E-state index in [0.29, 0.717) is 12.2 Å². The first-order chi connectivity index (χ1) is 5.27. The molecule has 1 aromatic heterocycles. The predicted octanol–water partition coefficient (Wildman–Crippen LogP) is 0.986. The lowest BCUT2D eigenvalue weighted by atomic mass is 10.1. The molecule has 11 heavy (non-hydrogen) atoms. The van der Waals surface area contributed by atoms with Crippen LogP contribution in [0.2, 0.25) is 0 Å². The van der Waals surface area contributed by atoms with Crippen molar-refractivity contribution in [2.45, 2.75) is 13.5 Å². The Balaban J connectivity index is 2.60. The van der Waals surface area contributed by atoms with E-state index in [-0.39, 0.29) is 0 Å². The van der Waals surface area contributed by atoms with Gasteiger partial charge in [0.2, 0.25) is 0 Å². The van der Waals surface area contributed by atoms with Gasteiger partial charge in [0.1, 0.15) is 0 Å². The molecule has 0 saturated carbocycles. The van der Waals surface area contributed by atoms with E-state index in [1.807, 2.05) is 13.0 Å². The molecule has 1 aliphatic heterocycles. The van der Waals surface area contributed by atoms with Gasteiger partial charge < -0.3 is 5.73 Å². The summed E-state index contributed by atoms with van der Waals surface area (Å²) in [4.78, 5) is 8.41. The van der Waals surface area contributed by atoms with E-state index in [4.69, 9.17) is 5.73 Å². The Kier molecular flexibility index (Phi) is 1.18. The molecule has 2 heterocycles. The van der Waals surface area contributed by atoms with Crippen molar-refractivity contribution in [2.24, 2.45) is 4.99 Å². The Bertz CT molecular complexity index is 328. The van der Waals surface area contributed by atoms with Crippen molar-refractivity contribution in [3.8, 4) is 0 Å². The molecule has 0 spiro atoms. The minimum absolute atomic E-state index is 0.709. The van der Waals surface area contributed by atoms with Crippen molar-refractivity contribution in [1.82, 2.24) is 4.98 Å². The minimum Gasteiger partial charge on any atom is -0.397 e. The van der Waals surface area contributed by atoms with Gasteiger partial charge in [0.15, 0.2) is 0 Å². The van der Waals surface area contributed by atoms with Gasteiger partial charge in [0.05, 0.1) is 24.1 Å². The summed E-state index contributed by atoms with van der Waals surface area (Å²) in [7, 11) is 0. The molecule has 0 amide bonds. The number of fused-ring (bicyclic) bond motifs is 1. The summed E-state index contributed by atoms with van der Waals surface area (Å²) in [6, 6.07) is 1.92. The van der Waals surface area contributed by atoms with Gasteiger partial charge in [-0.2, -0.15) is 0 Å². The topological polar surface area (TPSA) is 51.3 Å². The van der Waals surface area contributed by atoms with Gasteiger partial charge in [-0.25, -0.2) is 0 Å². The number of aromatic nitrogens is 1. The molecule has 0 saturated heterocycles. The number of nitrogen functional groups attached to an aromatic ring is 1. The van der Waals surface area contributed by atoms with E-state index in [0.717, 1.165) is 17.0 Å². The second-order valence-corrected chi connectivity index (χ2v) is 2.66. The van der Waals surface area contributed by atoms with Crippen LogP contribution in [0.5, 0.6) is 0 Å². The van der Waals surface area contributed by atoms with Gasteiger partial charge in [-0.1, -0.05) is 0 Å². The molecule has 2 N–H and O–H groups in total. The lowest BCUT2D eigenvalue weighted by Gasteiger charge is -1.98. The standard InChI is InChI=1S/C8H9N3/c1-5-7-2-6(9)3-11-8(7)4-10-5/h2-3H,4,9H2,1H3. The largest absolute Gasteiger partial charge is 0.397 e. The summed E-state index contributed by atoms with van der Waals surface area (Å²) in [5.41, 5.74) is 9.47. The third-order valence-corrected chi connectivity index (χ3v) is 1.85. The molecule has 1 aromatic rings. The third kappa shape index (κ3) is 0.888. The smallest absolute Gasteiger partial charge is 0.0821 e. The predicted molar refractivity (Wildman–Crippen MR) is 44.6 cm³/mol. The number of rotatable bonds is 0. The Morgan fingerprint density at radius 3 is 3.18 bits per heavy atom. The maximum absolute atomic E-state index is 5.58. The third-order valence-electron chi connectivity index (χ3n) is 1.85. The van der Waals surface area contributed by atoms with Crippen LogP contribution in [0.1, 0.15) is 18.2 Å². The number of pyridine rings is 1. The zero-order valence-corrected chi connectivity index (χ0v) is 6.33. The molecule has 3 heteroatoms. The highest BCUT2D eigenvalue weighted by molar-refractivity contribution is 6.02. The fourth-order valence-electron chi connectivity index (χ4n) is 1.23. The summed E-state index contributed by atoms with van der Waals surface area (Å²) >= 11 is 0. The van der Waals surface area contributed by atoms with Crippen molar-refractivity contribution in [3.63, 3.8) is 0 Å². The van der Waals surface area contributed by atoms with Crippen molar-refractivity contribution < 1.29 is 0 Å². The average Bonchev–Trinajstić information content (AvgIpc) is 2.33. The van der Waals surface area contributed by atoms with Crippen LogP contribution in [0.4, 0.5) is 5.69 Å². The Labute approximate surface area is 65.0 Å². The van der Waals surface area contributed by atoms with Crippen molar-refractivity contribution in [3.05, 3.63) is 23.5 Å². The van der Waals surface area contributed by atoms with Gasteiger partial charge in [0.25, 0.3) is 0 Å². The number of nitrogens with zero attached hydrogens (tertiary/aromatic N) is 2. The first-order valence-corrected chi connectivity index (χ1v) is 3.53. The number of hydrogen-bond acceptors (Lipinski definition) is 3. The van der Waals surface area contributed by atoms with E-state index < -0.39 is 0 Å². The molecule has 0 atom stereocenters. The van der Waals surface area contributed by atoms with E-state index in [1.54, 1.807) is 6.20 Å². The lowest BCUT2D eigenvalue weighted by Crippen LogP contribution is -1.97. The summed E-state index contributed by atoms with van der Waals surface area (Å²) in [5.74, 6) is 0. The normalized spacial score (nSPS) is 14.5. The van der Waals surface area contributed by atoms with Crippen LogP contribution in [0.3, 0.4) is 0 Å². The highest BCUT2D eigenvalue weighted by Crippen LogP contribution is 2.18. The molecular weight excluding hydrogens is 138 g/mol. The second kappa shape index (κ2) is 2.05. The van der Waals surface area contributed by atoms with E-state index in [9.17, 15) is 0 Å². The first kappa shape index (κ1) is 6.34. The fraction of sp³-hybridized carbons (Fsp3) is 0.250. The van der Waals surface area contributed by atoms with E-state index in [1.165, 1.54) is 0 Å². The SMILES string of the molecule is CC1=NCc2ncc(N)cc21. The molecule has 56 valence electrons. The molecule has 0 aromatic carbocycles. The van der Waals surface area contributed by atoms with Gasteiger partial charge in [-0.15, -0.1) is 0 Å². The lowest BCUT2D eigenvalue weighted by molar-refractivity contribution is 1.02. The molecule has 1 aliphatic rings. The maximum Gasteiger partial charge on any atom is 0.0821 e. The van der Waals surface area contributed by atoms with Crippen LogP contribution in [-0.4, -0.2) is 10.7 Å². The maximum atomic E-state index is 5.58. The average molecular weight is 147 g/mol. The molecule has 0 unspecified atom stereocenters. The molecule has 2 rings (SSSR count). The van der Waals surface area contributed by atoms with Crippen LogP contribution in [0.25, 0.3) is 0 Å². The van der Waals surface area contributed by atoms with E-state index >= 15 is 0 Å². The Hall–Kier alpha value is -1.38. The van der Waals surface area contributed by atoms with Crippen LogP contribution in [-0.2, 0) is 6.54 Å². The molecule has 0 aliphatic carbocycles. The Morgan fingerprint density at radius 1 is 1.55 bits per heavy atom. The van der Waals surface area contributed by atoms with Crippen molar-refractivity contribution in [1.29, 1.82) is 0 Å². The molecule has 0 fully saturated rings. The van der Waals surface area contributed by atoms with Crippen molar-refractivity contribution >= 4 is 11.4 Å². The highest BCUT2D eigenvalue weighted by atomic mass is 14.8. The summed E-state index contributed by atoms with van der Waals surface area (Å²) < 4.78 is 0. The quantitative estimate of drug-likeness (QED) is 0.594. The fourth-order valence-corrected chi connectivity index (χ4v) is 1.23. The first-order valence-electron chi connectivity index (χ1n) is 3.53. The zero-order valence-electron chi connectivity index (χ0n) is 6.33. The molecule has 0 radical (unpaired) electrons. The minimum atomic E-state index is 0.709. The van der Waals surface area contributed by atoms with Gasteiger partial charge in [0, 0.05) is 11.3 Å². The van der Waals surface area contributed by atoms with Gasteiger partial charge >= 0.3 is 0 Å². The Morgan fingerprint density at radius 2 is 2.36 bits per heavy atom. The summed E-state index contributed by atoms with van der Waals surface area (Å²) in [6.07, 6.45) is 1.67. The van der Waals surface area contributed by atoms with Gasteiger partial charge in [-0.3, -0.25) is 9.98 Å². The van der Waals surface area contributed by atoms with Crippen LogP contribution >= 0.6 is 0 Å².